The molecule has 2 aliphatic rings. The first-order valence-electron chi connectivity index (χ1n) is 7.40. The Morgan fingerprint density at radius 3 is 2.56 bits per heavy atom. The number of rotatable bonds is 3. The zero-order chi connectivity index (χ0) is 12.8. The molecule has 1 amide bonds. The van der Waals surface area contributed by atoms with Gasteiger partial charge in [-0.1, -0.05) is 25.7 Å². The Morgan fingerprint density at radius 1 is 1.22 bits per heavy atom. The molecule has 18 heavy (non-hydrogen) atoms. The maximum atomic E-state index is 12.1. The van der Waals surface area contributed by atoms with Crippen molar-refractivity contribution in [2.75, 3.05) is 19.6 Å². The summed E-state index contributed by atoms with van der Waals surface area (Å²) in [6.07, 6.45) is 8.66. The van der Waals surface area contributed by atoms with Gasteiger partial charge >= 0.3 is 0 Å². The van der Waals surface area contributed by atoms with E-state index in [4.69, 9.17) is 0 Å². The van der Waals surface area contributed by atoms with Crippen molar-refractivity contribution in [2.24, 2.45) is 5.92 Å². The smallest absolute Gasteiger partial charge is 0.223 e. The second kappa shape index (κ2) is 6.53. The number of carbonyl (C=O) groups excluding carboxylic acids is 1. The largest absolute Gasteiger partial charge is 0.387 e. The molecule has 0 radical (unpaired) electrons. The highest BCUT2D eigenvalue weighted by atomic mass is 16.3. The van der Waals surface area contributed by atoms with Crippen LogP contribution in [-0.2, 0) is 4.79 Å². The van der Waals surface area contributed by atoms with Gasteiger partial charge in [0.1, 0.15) is 0 Å². The van der Waals surface area contributed by atoms with E-state index in [2.05, 4.69) is 10.6 Å². The third kappa shape index (κ3) is 3.95. The predicted molar refractivity (Wildman–Crippen MR) is 71.3 cm³/mol. The summed E-state index contributed by atoms with van der Waals surface area (Å²) in [4.78, 5) is 12.1. The molecule has 1 saturated heterocycles. The number of hydrogen-bond donors (Lipinski definition) is 3. The van der Waals surface area contributed by atoms with Crippen LogP contribution in [0.25, 0.3) is 0 Å². The average Bonchev–Trinajstić information content (AvgIpc) is 2.66. The van der Waals surface area contributed by atoms with Crippen molar-refractivity contribution in [3.05, 3.63) is 0 Å². The summed E-state index contributed by atoms with van der Waals surface area (Å²) in [5.74, 6) is 0.323. The molecule has 1 heterocycles. The van der Waals surface area contributed by atoms with E-state index in [-0.39, 0.29) is 11.8 Å². The van der Waals surface area contributed by atoms with Crippen LogP contribution in [0.4, 0.5) is 0 Å². The van der Waals surface area contributed by atoms with Gasteiger partial charge in [-0.25, -0.2) is 0 Å². The second-order valence-electron chi connectivity index (χ2n) is 5.91. The van der Waals surface area contributed by atoms with Gasteiger partial charge in [-0.15, -0.1) is 0 Å². The van der Waals surface area contributed by atoms with Gasteiger partial charge in [0.2, 0.25) is 5.91 Å². The molecule has 4 nitrogen and oxygen atoms in total. The molecule has 0 bridgehead atoms. The van der Waals surface area contributed by atoms with Crippen LogP contribution in [0.15, 0.2) is 0 Å². The van der Waals surface area contributed by atoms with E-state index in [9.17, 15) is 9.90 Å². The minimum Gasteiger partial charge on any atom is -0.387 e. The number of carbonyl (C=O) groups is 1. The standard InChI is InChI=1S/C14H26N2O2/c17-13(12-6-3-1-2-4-7-12)16-11-14(18)8-5-9-15-10-14/h12,15,18H,1-11H2,(H,16,17). The lowest BCUT2D eigenvalue weighted by Gasteiger charge is -2.33. The molecule has 0 aromatic heterocycles. The van der Waals surface area contributed by atoms with Gasteiger partial charge in [-0.05, 0) is 32.2 Å². The summed E-state index contributed by atoms with van der Waals surface area (Å²) < 4.78 is 0. The lowest BCUT2D eigenvalue weighted by molar-refractivity contribution is -0.126. The zero-order valence-electron chi connectivity index (χ0n) is 11.2. The van der Waals surface area contributed by atoms with E-state index in [1.807, 2.05) is 0 Å². The van der Waals surface area contributed by atoms with E-state index in [1.165, 1.54) is 25.7 Å². The molecule has 4 heteroatoms. The van der Waals surface area contributed by atoms with Crippen LogP contribution < -0.4 is 10.6 Å². The summed E-state index contributed by atoms with van der Waals surface area (Å²) >= 11 is 0. The molecule has 104 valence electrons. The first-order chi connectivity index (χ1) is 8.70. The van der Waals surface area contributed by atoms with E-state index < -0.39 is 5.60 Å². The first-order valence-corrected chi connectivity index (χ1v) is 7.40. The van der Waals surface area contributed by atoms with E-state index in [1.54, 1.807) is 0 Å². The van der Waals surface area contributed by atoms with Gasteiger partial charge in [0.15, 0.2) is 0 Å². The topological polar surface area (TPSA) is 61.4 Å². The summed E-state index contributed by atoms with van der Waals surface area (Å²) in [5.41, 5.74) is -0.737. The van der Waals surface area contributed by atoms with Crippen molar-refractivity contribution in [3.63, 3.8) is 0 Å². The monoisotopic (exact) mass is 254 g/mol. The van der Waals surface area contributed by atoms with Crippen LogP contribution in [0.3, 0.4) is 0 Å². The van der Waals surface area contributed by atoms with Gasteiger partial charge < -0.3 is 15.7 Å². The fourth-order valence-corrected chi connectivity index (χ4v) is 3.04. The molecule has 1 aliphatic heterocycles. The average molecular weight is 254 g/mol. The number of aliphatic hydroxyl groups is 1. The van der Waals surface area contributed by atoms with Crippen LogP contribution in [0, 0.1) is 5.92 Å². The minimum atomic E-state index is -0.737. The molecule has 1 atom stereocenters. The number of hydrogen-bond acceptors (Lipinski definition) is 3. The highest BCUT2D eigenvalue weighted by molar-refractivity contribution is 5.78. The van der Waals surface area contributed by atoms with Crippen LogP contribution in [0.1, 0.15) is 51.4 Å². The Hall–Kier alpha value is -0.610. The Labute approximate surface area is 110 Å². The predicted octanol–water partition coefficient (Wildman–Crippen LogP) is 1.19. The molecule has 1 unspecified atom stereocenters. The molecule has 1 aliphatic carbocycles. The Kier molecular flexibility index (Phi) is 5.01. The lowest BCUT2D eigenvalue weighted by atomic mass is 9.93. The quantitative estimate of drug-likeness (QED) is 0.663. The SMILES string of the molecule is O=C(NCC1(O)CCCNC1)C1CCCCCC1. The highest BCUT2D eigenvalue weighted by Crippen LogP contribution is 2.23. The van der Waals surface area contributed by atoms with Crippen LogP contribution in [0.5, 0.6) is 0 Å². The third-order valence-corrected chi connectivity index (χ3v) is 4.27. The van der Waals surface area contributed by atoms with Gasteiger partial charge in [-0.3, -0.25) is 4.79 Å². The molecule has 3 N–H and O–H groups in total. The van der Waals surface area contributed by atoms with E-state index in [0.717, 1.165) is 32.2 Å². The van der Waals surface area contributed by atoms with E-state index >= 15 is 0 Å². The number of piperidine rings is 1. The van der Waals surface area contributed by atoms with Crippen molar-refractivity contribution < 1.29 is 9.90 Å². The fraction of sp³-hybridized carbons (Fsp3) is 0.929. The van der Waals surface area contributed by atoms with Crippen molar-refractivity contribution >= 4 is 5.91 Å². The molecule has 1 saturated carbocycles. The molecular weight excluding hydrogens is 228 g/mol. The van der Waals surface area contributed by atoms with Crippen LogP contribution in [0.2, 0.25) is 0 Å². The van der Waals surface area contributed by atoms with Gasteiger partial charge in [0, 0.05) is 19.0 Å². The zero-order valence-corrected chi connectivity index (χ0v) is 11.2. The molecule has 2 rings (SSSR count). The van der Waals surface area contributed by atoms with Gasteiger partial charge in [-0.2, -0.15) is 0 Å². The molecular formula is C14H26N2O2. The summed E-state index contributed by atoms with van der Waals surface area (Å²) in [6.45, 7) is 1.96. The molecule has 0 aromatic carbocycles. The second-order valence-corrected chi connectivity index (χ2v) is 5.91. The van der Waals surface area contributed by atoms with Gasteiger partial charge in [0.05, 0.1) is 5.60 Å². The molecule has 2 fully saturated rings. The summed E-state index contributed by atoms with van der Waals surface area (Å²) in [5, 5.41) is 16.4. The molecule has 0 spiro atoms. The third-order valence-electron chi connectivity index (χ3n) is 4.27. The maximum Gasteiger partial charge on any atom is 0.223 e. The number of amides is 1. The first kappa shape index (κ1) is 13.8. The van der Waals surface area contributed by atoms with Crippen LogP contribution >= 0.6 is 0 Å². The highest BCUT2D eigenvalue weighted by Gasteiger charge is 2.30. The Balaban J connectivity index is 1.76. The van der Waals surface area contributed by atoms with Crippen molar-refractivity contribution in [3.8, 4) is 0 Å². The number of β-amino-alcohol motifs (C(OH)–C–C–N with tert-alkyl or cyclic N) is 1. The summed E-state index contributed by atoms with van der Waals surface area (Å²) in [7, 11) is 0. The van der Waals surface area contributed by atoms with Crippen molar-refractivity contribution in [1.82, 2.24) is 10.6 Å². The van der Waals surface area contributed by atoms with Gasteiger partial charge in [0.25, 0.3) is 0 Å². The minimum absolute atomic E-state index is 0.149. The molecule has 0 aromatic rings. The fourth-order valence-electron chi connectivity index (χ4n) is 3.04. The van der Waals surface area contributed by atoms with Crippen LogP contribution in [-0.4, -0.2) is 36.2 Å². The summed E-state index contributed by atoms with van der Waals surface area (Å²) in [6, 6.07) is 0. The maximum absolute atomic E-state index is 12.1. The normalized spacial score (nSPS) is 30.7. The Morgan fingerprint density at radius 2 is 1.94 bits per heavy atom. The van der Waals surface area contributed by atoms with E-state index in [0.29, 0.717) is 13.1 Å². The van der Waals surface area contributed by atoms with Crippen molar-refractivity contribution in [1.29, 1.82) is 0 Å². The Bertz CT molecular complexity index is 267. The lowest BCUT2D eigenvalue weighted by Crippen LogP contribution is -2.53. The van der Waals surface area contributed by atoms with Crippen molar-refractivity contribution in [2.45, 2.75) is 57.0 Å². The number of nitrogens with one attached hydrogen (secondary N) is 2.